The molecule has 1 aliphatic carbocycles. The molecule has 128 valence electrons. The molecule has 4 atom stereocenters. The molecule has 0 bridgehead atoms. The van der Waals surface area contributed by atoms with Crippen LogP contribution in [0.4, 0.5) is 0 Å². The van der Waals surface area contributed by atoms with Crippen molar-refractivity contribution in [2.24, 2.45) is 5.92 Å². The molecule has 1 aliphatic rings. The monoisotopic (exact) mass is 345 g/mol. The Morgan fingerprint density at radius 2 is 2.21 bits per heavy atom. The third kappa shape index (κ3) is 2.44. The van der Waals surface area contributed by atoms with Gasteiger partial charge in [-0.05, 0) is 43.6 Å². The number of imidazole rings is 1. The summed E-state index contributed by atoms with van der Waals surface area (Å²) in [4.78, 5) is 9.13. The van der Waals surface area contributed by atoms with Crippen molar-refractivity contribution >= 4 is 32.6 Å². The van der Waals surface area contributed by atoms with E-state index in [2.05, 4.69) is 21.5 Å². The maximum Gasteiger partial charge on any atom is 0.138 e. The van der Waals surface area contributed by atoms with Crippen molar-refractivity contribution in [3.8, 4) is 0 Å². The highest BCUT2D eigenvalue weighted by Crippen LogP contribution is 2.40. The quantitative estimate of drug-likeness (QED) is 0.757. The molecule has 0 spiro atoms. The zero-order valence-corrected chi connectivity index (χ0v) is 14.8. The van der Waals surface area contributed by atoms with Crippen LogP contribution >= 0.6 is 11.3 Å². The number of aliphatic hydroxyl groups is 2. The second-order valence-corrected chi connectivity index (χ2v) is 7.76. The van der Waals surface area contributed by atoms with Crippen LogP contribution in [-0.2, 0) is 0 Å². The predicted molar refractivity (Wildman–Crippen MR) is 96.2 cm³/mol. The van der Waals surface area contributed by atoms with E-state index in [0.717, 1.165) is 46.9 Å². The van der Waals surface area contributed by atoms with E-state index in [9.17, 15) is 10.2 Å². The molecule has 3 aromatic rings. The van der Waals surface area contributed by atoms with Crippen LogP contribution in [0.5, 0.6) is 0 Å². The molecule has 4 rings (SSSR count). The van der Waals surface area contributed by atoms with Crippen LogP contribution in [-0.4, -0.2) is 30.9 Å². The maximum absolute atomic E-state index is 10.5. The lowest BCUT2D eigenvalue weighted by atomic mass is 9.82. The van der Waals surface area contributed by atoms with E-state index in [1.54, 1.807) is 24.5 Å². The van der Waals surface area contributed by atoms with E-state index in [1.807, 2.05) is 11.4 Å². The van der Waals surface area contributed by atoms with E-state index < -0.39 is 6.10 Å². The summed E-state index contributed by atoms with van der Waals surface area (Å²) in [5, 5.41) is 22.8. The Bertz CT molecular complexity index is 870. The van der Waals surface area contributed by atoms with Crippen LogP contribution in [0.3, 0.4) is 0 Å². The lowest BCUT2D eigenvalue weighted by Gasteiger charge is -2.34. The smallest absolute Gasteiger partial charge is 0.138 e. The van der Waals surface area contributed by atoms with Gasteiger partial charge in [0.05, 0.1) is 28.0 Å². The van der Waals surface area contributed by atoms with Gasteiger partial charge in [0.25, 0.3) is 0 Å². The van der Waals surface area contributed by atoms with Crippen molar-refractivity contribution in [2.75, 3.05) is 0 Å². The molecule has 0 aromatic carbocycles. The number of nitrogens with zero attached hydrogens (tertiary/aromatic N) is 3. The summed E-state index contributed by atoms with van der Waals surface area (Å²) in [6, 6.07) is 2.19. The highest BCUT2D eigenvalue weighted by molar-refractivity contribution is 7.18. The fraction of sp³-hybridized carbons (Fsp3) is 0.556. The number of aliphatic hydroxyl groups excluding tert-OH is 2. The summed E-state index contributed by atoms with van der Waals surface area (Å²) < 4.78 is 3.29. The minimum atomic E-state index is -0.645. The van der Waals surface area contributed by atoms with E-state index >= 15 is 0 Å². The summed E-state index contributed by atoms with van der Waals surface area (Å²) in [6.45, 7) is 3.90. The van der Waals surface area contributed by atoms with Gasteiger partial charge in [-0.15, -0.1) is 11.3 Å². The molecule has 1 fully saturated rings. The lowest BCUT2D eigenvalue weighted by Crippen LogP contribution is -2.31. The lowest BCUT2D eigenvalue weighted by molar-refractivity contribution is 0.0443. The third-order valence-electron chi connectivity index (χ3n) is 5.34. The Kier molecular flexibility index (Phi) is 4.06. The van der Waals surface area contributed by atoms with Gasteiger partial charge in [-0.1, -0.05) is 13.3 Å². The predicted octanol–water partition coefficient (Wildman–Crippen LogP) is 3.81. The Hall–Kier alpha value is -1.50. The van der Waals surface area contributed by atoms with Crippen molar-refractivity contribution in [3.05, 3.63) is 23.5 Å². The zero-order chi connectivity index (χ0) is 16.8. The van der Waals surface area contributed by atoms with Crippen LogP contribution in [0.25, 0.3) is 21.3 Å². The average molecular weight is 345 g/mol. The van der Waals surface area contributed by atoms with Gasteiger partial charge in [-0.3, -0.25) is 4.98 Å². The second-order valence-electron chi connectivity index (χ2n) is 6.85. The number of thiophene rings is 1. The number of aromatic nitrogens is 3. The second kappa shape index (κ2) is 6.10. The van der Waals surface area contributed by atoms with Gasteiger partial charge in [-0.25, -0.2) is 4.98 Å². The molecular weight excluding hydrogens is 322 g/mol. The topological polar surface area (TPSA) is 71.2 Å². The van der Waals surface area contributed by atoms with Crippen LogP contribution in [0.2, 0.25) is 0 Å². The van der Waals surface area contributed by atoms with Crippen molar-refractivity contribution < 1.29 is 10.2 Å². The number of hydrogen-bond acceptors (Lipinski definition) is 5. The van der Waals surface area contributed by atoms with Gasteiger partial charge in [0.1, 0.15) is 17.4 Å². The van der Waals surface area contributed by atoms with Gasteiger partial charge < -0.3 is 14.8 Å². The van der Waals surface area contributed by atoms with Crippen LogP contribution in [0.15, 0.2) is 17.6 Å². The molecule has 1 saturated carbocycles. The molecule has 3 heterocycles. The van der Waals surface area contributed by atoms with Crippen molar-refractivity contribution in [2.45, 2.75) is 57.8 Å². The first-order valence-corrected chi connectivity index (χ1v) is 9.58. The van der Waals surface area contributed by atoms with Gasteiger partial charge in [0.15, 0.2) is 0 Å². The van der Waals surface area contributed by atoms with E-state index in [1.165, 1.54) is 0 Å². The van der Waals surface area contributed by atoms with Gasteiger partial charge in [0, 0.05) is 6.04 Å². The van der Waals surface area contributed by atoms with E-state index in [-0.39, 0.29) is 12.1 Å². The number of hydrogen-bond donors (Lipinski definition) is 2. The molecule has 5 nitrogen and oxygen atoms in total. The zero-order valence-electron chi connectivity index (χ0n) is 14.0. The normalized spacial score (nSPS) is 26.2. The first-order chi connectivity index (χ1) is 11.6. The van der Waals surface area contributed by atoms with Crippen LogP contribution in [0.1, 0.15) is 57.5 Å². The maximum atomic E-state index is 10.5. The van der Waals surface area contributed by atoms with Crippen LogP contribution in [0, 0.1) is 5.92 Å². The number of rotatable bonds is 3. The average Bonchev–Trinajstić information content (AvgIpc) is 3.18. The Labute approximate surface area is 145 Å². The Balaban J connectivity index is 1.89. The standard InChI is InChI=1S/C18H23N3O2S/c1-3-11-4-5-12(8-15(11)23)21-16-14(20-18(21)10(2)22)9-19-13-6-7-24-17(13)16/h6-7,9-12,15,22-23H,3-5,8H2,1-2H3/t10-,11+,12+,15+/m1/s1. The number of fused-ring (bicyclic) bond motifs is 3. The highest BCUT2D eigenvalue weighted by Gasteiger charge is 2.32. The molecule has 6 heteroatoms. The SMILES string of the molecule is CC[C@H]1CC[C@H](n2c([C@@H](C)O)nc3cnc4ccsc4c32)C[C@@H]1O. The minimum Gasteiger partial charge on any atom is -0.393 e. The van der Waals surface area contributed by atoms with Crippen molar-refractivity contribution in [3.63, 3.8) is 0 Å². The summed E-state index contributed by atoms with van der Waals surface area (Å²) in [6.07, 6.45) is 4.62. The molecule has 0 aliphatic heterocycles. The van der Waals surface area contributed by atoms with Gasteiger partial charge >= 0.3 is 0 Å². The molecule has 3 aromatic heterocycles. The van der Waals surface area contributed by atoms with Gasteiger partial charge in [-0.2, -0.15) is 0 Å². The molecule has 0 radical (unpaired) electrons. The fourth-order valence-corrected chi connectivity index (χ4v) is 4.95. The third-order valence-corrected chi connectivity index (χ3v) is 6.25. The molecular formula is C18H23N3O2S. The first kappa shape index (κ1) is 16.0. The number of pyridine rings is 1. The van der Waals surface area contributed by atoms with Crippen molar-refractivity contribution in [1.29, 1.82) is 0 Å². The summed E-state index contributed by atoms with van der Waals surface area (Å²) in [5.41, 5.74) is 2.85. The largest absolute Gasteiger partial charge is 0.393 e. The molecule has 0 unspecified atom stereocenters. The van der Waals surface area contributed by atoms with Gasteiger partial charge in [0.2, 0.25) is 0 Å². The Morgan fingerprint density at radius 1 is 1.38 bits per heavy atom. The summed E-state index contributed by atoms with van der Waals surface area (Å²) >= 11 is 1.66. The highest BCUT2D eigenvalue weighted by atomic mass is 32.1. The van der Waals surface area contributed by atoms with Crippen LogP contribution < -0.4 is 0 Å². The summed E-state index contributed by atoms with van der Waals surface area (Å²) in [5.74, 6) is 1.06. The molecule has 0 saturated heterocycles. The Morgan fingerprint density at radius 3 is 2.92 bits per heavy atom. The first-order valence-electron chi connectivity index (χ1n) is 8.70. The van der Waals surface area contributed by atoms with E-state index in [0.29, 0.717) is 11.7 Å². The molecule has 0 amide bonds. The minimum absolute atomic E-state index is 0.171. The summed E-state index contributed by atoms with van der Waals surface area (Å²) in [7, 11) is 0. The van der Waals surface area contributed by atoms with Crippen molar-refractivity contribution in [1.82, 2.24) is 14.5 Å². The molecule has 24 heavy (non-hydrogen) atoms. The van der Waals surface area contributed by atoms with E-state index in [4.69, 9.17) is 0 Å². The fourth-order valence-electron chi connectivity index (χ4n) is 4.06. The molecule has 2 N–H and O–H groups in total.